The van der Waals surface area contributed by atoms with E-state index in [0.717, 1.165) is 0 Å². The van der Waals surface area contributed by atoms with E-state index >= 15 is 0 Å². The Bertz CT molecular complexity index is 364. The zero-order chi connectivity index (χ0) is 18.3. The first kappa shape index (κ1) is 22.1. The molecule has 0 aliphatic heterocycles. The molecule has 6 nitrogen and oxygen atoms in total. The molecular weight excluding hydrogens is 298 g/mol. The van der Waals surface area contributed by atoms with Gasteiger partial charge in [-0.15, -0.1) is 0 Å². The van der Waals surface area contributed by atoms with Crippen LogP contribution in [0.2, 0.25) is 0 Å². The fraction of sp³-hybridized carbons (Fsp3) is 0.941. The first-order valence-electron chi connectivity index (χ1n) is 8.18. The highest BCUT2D eigenvalue weighted by Gasteiger charge is 2.33. The summed E-state index contributed by atoms with van der Waals surface area (Å²) >= 11 is 0. The molecule has 0 aromatic rings. The van der Waals surface area contributed by atoms with Gasteiger partial charge in [-0.2, -0.15) is 0 Å². The van der Waals surface area contributed by atoms with Crippen molar-refractivity contribution in [3.8, 4) is 0 Å². The Morgan fingerprint density at radius 3 is 2.04 bits per heavy atom. The van der Waals surface area contributed by atoms with Gasteiger partial charge in [0.2, 0.25) is 0 Å². The van der Waals surface area contributed by atoms with Gasteiger partial charge in [0.1, 0.15) is 0 Å². The van der Waals surface area contributed by atoms with Gasteiger partial charge in [-0.25, -0.2) is 4.79 Å². The summed E-state index contributed by atoms with van der Waals surface area (Å²) in [7, 11) is 1.53. The molecule has 23 heavy (non-hydrogen) atoms. The van der Waals surface area contributed by atoms with Crippen molar-refractivity contribution in [3.63, 3.8) is 0 Å². The van der Waals surface area contributed by atoms with Crippen LogP contribution >= 0.6 is 0 Å². The molecule has 0 spiro atoms. The van der Waals surface area contributed by atoms with Gasteiger partial charge in [-0.05, 0) is 54.9 Å². The number of hydrogen-bond donors (Lipinski definition) is 2. The van der Waals surface area contributed by atoms with Crippen LogP contribution < -0.4 is 5.32 Å². The van der Waals surface area contributed by atoms with E-state index in [0.29, 0.717) is 26.1 Å². The van der Waals surface area contributed by atoms with E-state index in [-0.39, 0.29) is 5.60 Å². The minimum atomic E-state index is -0.611. The number of ether oxygens (including phenoxy) is 3. The van der Waals surface area contributed by atoms with E-state index < -0.39 is 23.4 Å². The standard InChI is InChI=1S/C17H35NO5/c1-13(19)17(6,7)23-16(4,5)10-12-22-15(2,3)9-11-21-14(20)18-8/h13,19H,9-12H2,1-8H3,(H,18,20). The van der Waals surface area contributed by atoms with Crippen LogP contribution in [0.1, 0.15) is 61.3 Å². The van der Waals surface area contributed by atoms with Gasteiger partial charge < -0.3 is 24.6 Å². The molecular formula is C17H35NO5. The van der Waals surface area contributed by atoms with Crippen LogP contribution in [0.15, 0.2) is 0 Å². The average Bonchev–Trinajstić information content (AvgIpc) is 2.36. The maximum Gasteiger partial charge on any atom is 0.406 e. The second-order valence-electron chi connectivity index (χ2n) is 7.64. The molecule has 0 aliphatic carbocycles. The van der Waals surface area contributed by atoms with Crippen LogP contribution in [0.3, 0.4) is 0 Å². The van der Waals surface area contributed by atoms with Gasteiger partial charge in [-0.3, -0.25) is 0 Å². The molecule has 0 fully saturated rings. The SMILES string of the molecule is CNC(=O)OCCC(C)(C)OCCC(C)(C)OC(C)(C)C(C)O. The summed E-state index contributed by atoms with van der Waals surface area (Å²) < 4.78 is 16.9. The largest absolute Gasteiger partial charge is 0.449 e. The molecule has 0 heterocycles. The lowest BCUT2D eigenvalue weighted by atomic mass is 9.98. The van der Waals surface area contributed by atoms with Crippen molar-refractivity contribution in [1.82, 2.24) is 5.32 Å². The molecule has 2 N–H and O–H groups in total. The molecule has 0 rings (SSSR count). The van der Waals surface area contributed by atoms with Crippen LogP contribution in [0.25, 0.3) is 0 Å². The number of amides is 1. The lowest BCUT2D eigenvalue weighted by molar-refractivity contribution is -0.177. The van der Waals surface area contributed by atoms with Crippen LogP contribution in [-0.4, -0.2) is 54.4 Å². The highest BCUT2D eigenvalue weighted by Crippen LogP contribution is 2.27. The third-order valence-corrected chi connectivity index (χ3v) is 3.88. The molecule has 1 amide bonds. The van der Waals surface area contributed by atoms with Crippen molar-refractivity contribution in [3.05, 3.63) is 0 Å². The van der Waals surface area contributed by atoms with Crippen molar-refractivity contribution >= 4 is 6.09 Å². The molecule has 1 atom stereocenters. The fourth-order valence-electron chi connectivity index (χ4n) is 1.96. The quantitative estimate of drug-likeness (QED) is 0.643. The number of rotatable bonds is 10. The summed E-state index contributed by atoms with van der Waals surface area (Å²) in [5, 5.41) is 12.2. The monoisotopic (exact) mass is 333 g/mol. The van der Waals surface area contributed by atoms with Crippen LogP contribution in [0.5, 0.6) is 0 Å². The van der Waals surface area contributed by atoms with Crippen molar-refractivity contribution in [1.29, 1.82) is 0 Å². The Kier molecular flexibility index (Phi) is 8.52. The third-order valence-electron chi connectivity index (χ3n) is 3.88. The zero-order valence-electron chi connectivity index (χ0n) is 16.0. The Balaban J connectivity index is 4.22. The Morgan fingerprint density at radius 2 is 1.57 bits per heavy atom. The molecule has 0 saturated heterocycles. The first-order valence-corrected chi connectivity index (χ1v) is 8.18. The van der Waals surface area contributed by atoms with Crippen LogP contribution in [-0.2, 0) is 14.2 Å². The van der Waals surface area contributed by atoms with E-state index in [1.165, 1.54) is 7.05 Å². The van der Waals surface area contributed by atoms with Crippen LogP contribution in [0, 0.1) is 0 Å². The highest BCUT2D eigenvalue weighted by atomic mass is 16.6. The number of hydrogen-bond acceptors (Lipinski definition) is 5. The van der Waals surface area contributed by atoms with E-state index in [1.54, 1.807) is 6.92 Å². The molecule has 138 valence electrons. The Labute approximate surface area is 140 Å². The van der Waals surface area contributed by atoms with Gasteiger partial charge in [0.05, 0.1) is 36.1 Å². The molecule has 0 aromatic carbocycles. The highest BCUT2D eigenvalue weighted by molar-refractivity contribution is 5.66. The number of aliphatic hydroxyl groups excluding tert-OH is 1. The summed E-state index contributed by atoms with van der Waals surface area (Å²) in [4.78, 5) is 11.0. The third kappa shape index (κ3) is 9.79. The lowest BCUT2D eigenvalue weighted by Crippen LogP contribution is -2.45. The second-order valence-corrected chi connectivity index (χ2v) is 7.64. The van der Waals surface area contributed by atoms with Gasteiger partial charge in [0.15, 0.2) is 0 Å². The predicted molar refractivity (Wildman–Crippen MR) is 90.6 cm³/mol. The van der Waals surface area contributed by atoms with E-state index in [1.807, 2.05) is 41.5 Å². The van der Waals surface area contributed by atoms with Crippen molar-refractivity contribution in [2.45, 2.75) is 84.2 Å². The number of alkyl carbamates (subject to hydrolysis) is 1. The van der Waals surface area contributed by atoms with Gasteiger partial charge in [0, 0.05) is 13.5 Å². The molecule has 1 unspecified atom stereocenters. The molecule has 6 heteroatoms. The van der Waals surface area contributed by atoms with E-state index in [4.69, 9.17) is 14.2 Å². The predicted octanol–water partition coefficient (Wildman–Crippen LogP) is 2.87. The number of aliphatic hydroxyl groups is 1. The van der Waals surface area contributed by atoms with Crippen molar-refractivity contribution in [2.75, 3.05) is 20.3 Å². The summed E-state index contributed by atoms with van der Waals surface area (Å²) in [5.74, 6) is 0. The van der Waals surface area contributed by atoms with Gasteiger partial charge in [-0.1, -0.05) is 0 Å². The first-order chi connectivity index (χ1) is 10.3. The van der Waals surface area contributed by atoms with Gasteiger partial charge >= 0.3 is 6.09 Å². The maximum absolute atomic E-state index is 11.0. The second kappa shape index (κ2) is 8.85. The summed E-state index contributed by atoms with van der Waals surface area (Å²) in [6, 6.07) is 0. The van der Waals surface area contributed by atoms with E-state index in [2.05, 4.69) is 5.32 Å². The van der Waals surface area contributed by atoms with Crippen molar-refractivity contribution < 1.29 is 24.1 Å². The van der Waals surface area contributed by atoms with Crippen LogP contribution in [0.4, 0.5) is 4.79 Å². The summed E-state index contributed by atoms with van der Waals surface area (Å²) in [6.07, 6.45) is 0.320. The summed E-state index contributed by atoms with van der Waals surface area (Å²) in [6.45, 7) is 14.2. The van der Waals surface area contributed by atoms with E-state index in [9.17, 15) is 9.90 Å². The Hall–Kier alpha value is -0.850. The normalized spacial score (nSPS) is 14.5. The average molecular weight is 333 g/mol. The minimum Gasteiger partial charge on any atom is -0.449 e. The smallest absolute Gasteiger partial charge is 0.406 e. The summed E-state index contributed by atoms with van der Waals surface area (Å²) in [5.41, 5.74) is -1.40. The number of carbonyl (C=O) groups is 1. The molecule has 0 aliphatic rings. The van der Waals surface area contributed by atoms with Gasteiger partial charge in [0.25, 0.3) is 0 Å². The maximum atomic E-state index is 11.0. The number of nitrogens with one attached hydrogen (secondary N) is 1. The topological polar surface area (TPSA) is 77.0 Å². The zero-order valence-corrected chi connectivity index (χ0v) is 16.0. The minimum absolute atomic E-state index is 0.307. The molecule has 0 aromatic heterocycles. The van der Waals surface area contributed by atoms with Crippen molar-refractivity contribution in [2.24, 2.45) is 0 Å². The molecule has 0 radical (unpaired) electrons. The Morgan fingerprint density at radius 1 is 1.04 bits per heavy atom. The number of carbonyl (C=O) groups excluding carboxylic acids is 1. The molecule has 0 bridgehead atoms. The fourth-order valence-corrected chi connectivity index (χ4v) is 1.96. The molecule has 0 saturated carbocycles. The lowest BCUT2D eigenvalue weighted by Gasteiger charge is -2.38.